The van der Waals surface area contributed by atoms with Crippen LogP contribution in [0.25, 0.3) is 11.1 Å². The zero-order valence-electron chi connectivity index (χ0n) is 5.29. The molecule has 2 aromatic rings. The fourth-order valence-electron chi connectivity index (χ4n) is 0.988. The molecule has 0 saturated heterocycles. The van der Waals surface area contributed by atoms with Crippen LogP contribution in [0.1, 0.15) is 5.69 Å². The molecule has 0 saturated carbocycles. The average Bonchev–Trinajstić information content (AvgIpc) is 2.42. The Kier molecular flexibility index (Phi) is 1.05. The fraction of sp³-hybridized carbons (Fsp3) is 0.143. The third-order valence-electron chi connectivity index (χ3n) is 1.47. The van der Waals surface area contributed by atoms with Crippen LogP contribution in [0.15, 0.2) is 22.8 Å². The van der Waals surface area contributed by atoms with E-state index >= 15 is 0 Å². The Bertz CT molecular complexity index is 305. The molecule has 10 heavy (non-hydrogen) atoms. The minimum absolute atomic E-state index is 0.0319. The van der Waals surface area contributed by atoms with E-state index in [1.54, 1.807) is 12.3 Å². The average molecular weight is 137 g/mol. The zero-order chi connectivity index (χ0) is 6.97. The van der Waals surface area contributed by atoms with Crippen LogP contribution in [0.2, 0.25) is 0 Å². The predicted octanol–water partition coefficient (Wildman–Crippen LogP) is 1.25. The first-order chi connectivity index (χ1) is 4.90. The highest BCUT2D eigenvalue weighted by Crippen LogP contribution is 2.15. The summed E-state index contributed by atoms with van der Waals surface area (Å²) in [6, 6.07) is 3.61. The van der Waals surface area contributed by atoms with Crippen LogP contribution in [-0.4, -0.2) is 10.1 Å². The summed E-state index contributed by atoms with van der Waals surface area (Å²) in [5.74, 6) is 0. The van der Waals surface area contributed by atoms with Crippen molar-refractivity contribution in [2.75, 3.05) is 0 Å². The molecular weight excluding hydrogens is 130 g/mol. The first kappa shape index (κ1) is 5.56. The normalized spacial score (nSPS) is 10.9. The van der Waals surface area contributed by atoms with Crippen LogP contribution >= 0.6 is 0 Å². The van der Waals surface area contributed by atoms with Crippen LogP contribution in [0.5, 0.6) is 0 Å². The number of nitrogens with one attached hydrogen (secondary N) is 1. The summed E-state index contributed by atoms with van der Waals surface area (Å²) in [4.78, 5) is 2.98. The second-order valence-corrected chi connectivity index (χ2v) is 2.15. The first-order valence-electron chi connectivity index (χ1n) is 3.06. The molecule has 0 aliphatic heterocycles. The maximum absolute atomic E-state index is 8.68. The van der Waals surface area contributed by atoms with Crippen LogP contribution in [-0.2, 0) is 6.61 Å². The summed E-state index contributed by atoms with van der Waals surface area (Å²) in [6.07, 6.45) is 1.61. The molecule has 2 N–H and O–H groups in total. The summed E-state index contributed by atoms with van der Waals surface area (Å²) in [6.45, 7) is 0.0319. The highest BCUT2D eigenvalue weighted by molar-refractivity contribution is 5.73. The Labute approximate surface area is 57.3 Å². The second kappa shape index (κ2) is 1.88. The van der Waals surface area contributed by atoms with Crippen LogP contribution < -0.4 is 0 Å². The van der Waals surface area contributed by atoms with E-state index in [0.717, 1.165) is 16.8 Å². The van der Waals surface area contributed by atoms with Crippen LogP contribution in [0.3, 0.4) is 0 Å². The molecule has 2 aromatic heterocycles. The van der Waals surface area contributed by atoms with E-state index in [4.69, 9.17) is 9.52 Å². The van der Waals surface area contributed by atoms with Gasteiger partial charge in [-0.15, -0.1) is 0 Å². The van der Waals surface area contributed by atoms with Gasteiger partial charge in [0.05, 0.1) is 18.4 Å². The van der Waals surface area contributed by atoms with Crippen molar-refractivity contribution in [3.8, 4) is 0 Å². The van der Waals surface area contributed by atoms with Gasteiger partial charge in [-0.2, -0.15) is 0 Å². The van der Waals surface area contributed by atoms with Gasteiger partial charge in [0.25, 0.3) is 0 Å². The lowest BCUT2D eigenvalue weighted by atomic mass is 10.4. The van der Waals surface area contributed by atoms with Gasteiger partial charge < -0.3 is 14.5 Å². The van der Waals surface area contributed by atoms with E-state index in [1.807, 2.05) is 6.07 Å². The predicted molar refractivity (Wildman–Crippen MR) is 36.5 cm³/mol. The van der Waals surface area contributed by atoms with Gasteiger partial charge in [0.15, 0.2) is 5.58 Å². The van der Waals surface area contributed by atoms with Gasteiger partial charge in [0.1, 0.15) is 0 Å². The molecule has 2 rings (SSSR count). The minimum Gasteiger partial charge on any atom is -0.463 e. The Balaban J connectivity index is 2.67. The Hall–Kier alpha value is -1.22. The third kappa shape index (κ3) is 0.642. The number of furan rings is 1. The Morgan fingerprint density at radius 3 is 3.20 bits per heavy atom. The smallest absolute Gasteiger partial charge is 0.151 e. The van der Waals surface area contributed by atoms with Crippen molar-refractivity contribution >= 4 is 11.1 Å². The molecule has 3 nitrogen and oxygen atoms in total. The Morgan fingerprint density at radius 2 is 2.50 bits per heavy atom. The number of hydrogen-bond acceptors (Lipinski definition) is 2. The van der Waals surface area contributed by atoms with Gasteiger partial charge in [-0.25, -0.2) is 0 Å². The number of aliphatic hydroxyl groups excluding tert-OH is 1. The number of fused-ring (bicyclic) bond motifs is 1. The zero-order valence-corrected chi connectivity index (χ0v) is 5.29. The topological polar surface area (TPSA) is 49.2 Å². The summed E-state index contributed by atoms with van der Waals surface area (Å²) >= 11 is 0. The molecule has 2 heterocycles. The number of aromatic nitrogens is 1. The first-order valence-corrected chi connectivity index (χ1v) is 3.06. The SMILES string of the molecule is OCc1cc2occc2[nH]1. The standard InChI is InChI=1S/C7H7NO2/c9-4-5-3-7-6(8-5)1-2-10-7/h1-3,8-9H,4H2. The van der Waals surface area contributed by atoms with Crippen molar-refractivity contribution in [2.45, 2.75) is 6.61 Å². The van der Waals surface area contributed by atoms with Crippen molar-refractivity contribution in [2.24, 2.45) is 0 Å². The molecule has 0 radical (unpaired) electrons. The van der Waals surface area contributed by atoms with Crippen LogP contribution in [0.4, 0.5) is 0 Å². The van der Waals surface area contributed by atoms with E-state index < -0.39 is 0 Å². The van der Waals surface area contributed by atoms with Crippen molar-refractivity contribution in [1.82, 2.24) is 4.98 Å². The van der Waals surface area contributed by atoms with E-state index in [9.17, 15) is 0 Å². The molecule has 0 bridgehead atoms. The van der Waals surface area contributed by atoms with Crippen LogP contribution in [0, 0.1) is 0 Å². The number of aromatic amines is 1. The lowest BCUT2D eigenvalue weighted by Gasteiger charge is -1.82. The van der Waals surface area contributed by atoms with E-state index in [2.05, 4.69) is 4.98 Å². The monoisotopic (exact) mass is 137 g/mol. The van der Waals surface area contributed by atoms with Crippen molar-refractivity contribution < 1.29 is 9.52 Å². The summed E-state index contributed by atoms with van der Waals surface area (Å²) < 4.78 is 5.06. The molecule has 0 amide bonds. The number of H-pyrrole nitrogens is 1. The molecule has 0 atom stereocenters. The molecular formula is C7H7NO2. The third-order valence-corrected chi connectivity index (χ3v) is 1.47. The molecule has 0 spiro atoms. The van der Waals surface area contributed by atoms with Gasteiger partial charge in [-0.05, 0) is 0 Å². The summed E-state index contributed by atoms with van der Waals surface area (Å²) in [5.41, 5.74) is 2.52. The fourth-order valence-corrected chi connectivity index (χ4v) is 0.988. The summed E-state index contributed by atoms with van der Waals surface area (Å²) in [7, 11) is 0. The van der Waals surface area contributed by atoms with Gasteiger partial charge in [-0.1, -0.05) is 0 Å². The van der Waals surface area contributed by atoms with Crippen molar-refractivity contribution in [3.05, 3.63) is 24.1 Å². The molecule has 3 heteroatoms. The number of aliphatic hydroxyl groups is 1. The van der Waals surface area contributed by atoms with E-state index in [1.165, 1.54) is 0 Å². The molecule has 52 valence electrons. The number of rotatable bonds is 1. The molecule has 0 aromatic carbocycles. The van der Waals surface area contributed by atoms with Crippen molar-refractivity contribution in [3.63, 3.8) is 0 Å². The maximum Gasteiger partial charge on any atom is 0.151 e. The van der Waals surface area contributed by atoms with E-state index in [0.29, 0.717) is 0 Å². The molecule has 0 fully saturated rings. The van der Waals surface area contributed by atoms with Gasteiger partial charge in [0, 0.05) is 17.8 Å². The molecule has 0 unspecified atom stereocenters. The lowest BCUT2D eigenvalue weighted by Crippen LogP contribution is -1.78. The quantitative estimate of drug-likeness (QED) is 0.621. The summed E-state index contributed by atoms with van der Waals surface area (Å²) in [5, 5.41) is 8.68. The molecule has 0 aliphatic rings. The van der Waals surface area contributed by atoms with Gasteiger partial charge in [0.2, 0.25) is 0 Å². The van der Waals surface area contributed by atoms with E-state index in [-0.39, 0.29) is 6.61 Å². The minimum atomic E-state index is 0.0319. The largest absolute Gasteiger partial charge is 0.463 e. The maximum atomic E-state index is 8.68. The lowest BCUT2D eigenvalue weighted by molar-refractivity contribution is 0.278. The highest BCUT2D eigenvalue weighted by atomic mass is 16.3. The van der Waals surface area contributed by atoms with Crippen molar-refractivity contribution in [1.29, 1.82) is 0 Å². The van der Waals surface area contributed by atoms with Gasteiger partial charge >= 0.3 is 0 Å². The molecule has 0 aliphatic carbocycles. The van der Waals surface area contributed by atoms with Gasteiger partial charge in [-0.3, -0.25) is 0 Å². The number of hydrogen-bond donors (Lipinski definition) is 2. The highest BCUT2D eigenvalue weighted by Gasteiger charge is 1.99. The Morgan fingerprint density at radius 1 is 1.60 bits per heavy atom. The second-order valence-electron chi connectivity index (χ2n) is 2.15.